The summed E-state index contributed by atoms with van der Waals surface area (Å²) in [5.41, 5.74) is 0.567. The molecule has 2 amide bonds. The summed E-state index contributed by atoms with van der Waals surface area (Å²) < 4.78 is 12.6. The number of carbonyl (C=O) groups excluding carboxylic acids is 2. The summed E-state index contributed by atoms with van der Waals surface area (Å²) in [5.74, 6) is -0.650. The number of likely N-dealkylation sites (tertiary alicyclic amines) is 1. The summed E-state index contributed by atoms with van der Waals surface area (Å²) in [6.07, 6.45) is 0. The van der Waals surface area contributed by atoms with Gasteiger partial charge in [-0.3, -0.25) is 9.59 Å². The molecule has 0 radical (unpaired) electrons. The maximum Gasteiger partial charge on any atom is 0.231 e. The third-order valence-corrected chi connectivity index (χ3v) is 2.81. The lowest BCUT2D eigenvalue weighted by molar-refractivity contribution is -0.139. The zero-order valence-electron chi connectivity index (χ0n) is 9.44. The lowest BCUT2D eigenvalue weighted by Crippen LogP contribution is -2.53. The Labute approximate surface area is 98.4 Å². The van der Waals surface area contributed by atoms with Crippen LogP contribution in [-0.2, 0) is 9.59 Å². The first-order valence-electron chi connectivity index (χ1n) is 5.38. The second-order valence-electron chi connectivity index (χ2n) is 4.12. The zero-order chi connectivity index (χ0) is 12.4. The molecule has 2 rings (SSSR count). The molecular formula is C12H13FN2O2. The van der Waals surface area contributed by atoms with E-state index in [-0.39, 0.29) is 23.5 Å². The molecule has 1 aliphatic heterocycles. The average molecular weight is 236 g/mol. The molecule has 0 spiro atoms. The van der Waals surface area contributed by atoms with Gasteiger partial charge >= 0.3 is 0 Å². The van der Waals surface area contributed by atoms with Crippen LogP contribution in [0.4, 0.5) is 10.1 Å². The van der Waals surface area contributed by atoms with Crippen LogP contribution in [0.1, 0.15) is 6.92 Å². The Balaban J connectivity index is 1.87. The average Bonchev–Trinajstić information content (AvgIpc) is 2.18. The molecule has 0 aliphatic carbocycles. The Morgan fingerprint density at radius 3 is 2.41 bits per heavy atom. The van der Waals surface area contributed by atoms with Gasteiger partial charge < -0.3 is 10.2 Å². The smallest absolute Gasteiger partial charge is 0.231 e. The van der Waals surface area contributed by atoms with E-state index in [0.29, 0.717) is 18.8 Å². The molecule has 5 heteroatoms. The van der Waals surface area contributed by atoms with Gasteiger partial charge in [-0.2, -0.15) is 0 Å². The van der Waals surface area contributed by atoms with Crippen molar-refractivity contribution in [3.8, 4) is 0 Å². The van der Waals surface area contributed by atoms with Crippen molar-refractivity contribution in [2.24, 2.45) is 5.92 Å². The minimum absolute atomic E-state index is 0.0177. The fourth-order valence-corrected chi connectivity index (χ4v) is 1.68. The maximum atomic E-state index is 12.6. The Hall–Kier alpha value is -1.91. The third kappa shape index (κ3) is 2.61. The largest absolute Gasteiger partial charge is 0.341 e. The van der Waals surface area contributed by atoms with Crippen molar-refractivity contribution >= 4 is 17.5 Å². The van der Waals surface area contributed by atoms with Crippen molar-refractivity contribution in [1.29, 1.82) is 0 Å². The molecule has 1 aromatic carbocycles. The molecule has 1 aromatic rings. The van der Waals surface area contributed by atoms with Gasteiger partial charge in [-0.25, -0.2) is 4.39 Å². The predicted octanol–water partition coefficient (Wildman–Crippen LogP) is 1.24. The summed E-state index contributed by atoms with van der Waals surface area (Å²) in [4.78, 5) is 24.3. The SMILES string of the molecule is CC(=O)N1CC(C(=O)Nc2ccc(F)cc2)C1. The maximum absolute atomic E-state index is 12.6. The van der Waals surface area contributed by atoms with Gasteiger partial charge in [0.05, 0.1) is 5.92 Å². The van der Waals surface area contributed by atoms with Crippen molar-refractivity contribution in [1.82, 2.24) is 4.90 Å². The summed E-state index contributed by atoms with van der Waals surface area (Å²) >= 11 is 0. The summed E-state index contributed by atoms with van der Waals surface area (Å²) in [5, 5.41) is 2.69. The molecule has 0 saturated carbocycles. The van der Waals surface area contributed by atoms with E-state index in [1.54, 1.807) is 4.90 Å². The Morgan fingerprint density at radius 1 is 1.29 bits per heavy atom. The van der Waals surface area contributed by atoms with Crippen molar-refractivity contribution in [2.45, 2.75) is 6.92 Å². The van der Waals surface area contributed by atoms with E-state index in [1.807, 2.05) is 0 Å². The topological polar surface area (TPSA) is 49.4 Å². The first-order valence-corrected chi connectivity index (χ1v) is 5.38. The fraction of sp³-hybridized carbons (Fsp3) is 0.333. The molecule has 1 N–H and O–H groups in total. The Morgan fingerprint density at radius 2 is 1.88 bits per heavy atom. The highest BCUT2D eigenvalue weighted by Crippen LogP contribution is 2.18. The number of anilines is 1. The highest BCUT2D eigenvalue weighted by Gasteiger charge is 2.33. The highest BCUT2D eigenvalue weighted by molar-refractivity contribution is 5.94. The highest BCUT2D eigenvalue weighted by atomic mass is 19.1. The lowest BCUT2D eigenvalue weighted by Gasteiger charge is -2.37. The van der Waals surface area contributed by atoms with Crippen LogP contribution in [0.25, 0.3) is 0 Å². The van der Waals surface area contributed by atoms with E-state index < -0.39 is 0 Å². The Bertz CT molecular complexity index is 438. The van der Waals surface area contributed by atoms with Gasteiger partial charge in [0.15, 0.2) is 0 Å². The van der Waals surface area contributed by atoms with Crippen molar-refractivity contribution in [3.63, 3.8) is 0 Å². The molecule has 90 valence electrons. The molecule has 0 bridgehead atoms. The summed E-state index contributed by atoms with van der Waals surface area (Å²) in [7, 11) is 0. The number of benzene rings is 1. The van der Waals surface area contributed by atoms with E-state index in [4.69, 9.17) is 0 Å². The van der Waals surface area contributed by atoms with Crippen LogP contribution in [-0.4, -0.2) is 29.8 Å². The molecule has 1 heterocycles. The number of carbonyl (C=O) groups is 2. The predicted molar refractivity (Wildman–Crippen MR) is 60.8 cm³/mol. The molecule has 17 heavy (non-hydrogen) atoms. The van der Waals surface area contributed by atoms with Crippen LogP contribution in [0.3, 0.4) is 0 Å². The minimum atomic E-state index is -0.339. The van der Waals surface area contributed by atoms with E-state index in [9.17, 15) is 14.0 Å². The van der Waals surface area contributed by atoms with Gasteiger partial charge in [0.1, 0.15) is 5.82 Å². The number of nitrogens with one attached hydrogen (secondary N) is 1. The van der Waals surface area contributed by atoms with Crippen LogP contribution in [0.5, 0.6) is 0 Å². The van der Waals surface area contributed by atoms with Crippen molar-refractivity contribution in [2.75, 3.05) is 18.4 Å². The second kappa shape index (κ2) is 4.53. The number of amides is 2. The zero-order valence-corrected chi connectivity index (χ0v) is 9.44. The first-order chi connectivity index (χ1) is 8.06. The van der Waals surface area contributed by atoms with Crippen LogP contribution in [0.15, 0.2) is 24.3 Å². The van der Waals surface area contributed by atoms with Gasteiger partial charge in [-0.05, 0) is 24.3 Å². The van der Waals surface area contributed by atoms with Crippen LogP contribution in [0, 0.1) is 11.7 Å². The van der Waals surface area contributed by atoms with Crippen molar-refractivity contribution < 1.29 is 14.0 Å². The number of nitrogens with zero attached hydrogens (tertiary/aromatic N) is 1. The van der Waals surface area contributed by atoms with E-state index >= 15 is 0 Å². The molecule has 0 unspecified atom stereocenters. The van der Waals surface area contributed by atoms with Gasteiger partial charge in [0.25, 0.3) is 0 Å². The fourth-order valence-electron chi connectivity index (χ4n) is 1.68. The quantitative estimate of drug-likeness (QED) is 0.840. The summed E-state index contributed by atoms with van der Waals surface area (Å²) in [6.45, 7) is 2.40. The Kier molecular flexibility index (Phi) is 3.08. The van der Waals surface area contributed by atoms with Gasteiger partial charge in [-0.15, -0.1) is 0 Å². The van der Waals surface area contributed by atoms with Crippen LogP contribution >= 0.6 is 0 Å². The number of hydrogen-bond acceptors (Lipinski definition) is 2. The lowest BCUT2D eigenvalue weighted by atomic mass is 9.99. The standard InChI is InChI=1S/C12H13FN2O2/c1-8(16)15-6-9(7-15)12(17)14-11-4-2-10(13)3-5-11/h2-5,9H,6-7H2,1H3,(H,14,17). The van der Waals surface area contributed by atoms with E-state index in [2.05, 4.69) is 5.32 Å². The molecule has 0 atom stereocenters. The van der Waals surface area contributed by atoms with Gasteiger partial charge in [-0.1, -0.05) is 0 Å². The van der Waals surface area contributed by atoms with E-state index in [1.165, 1.54) is 31.2 Å². The molecule has 1 fully saturated rings. The third-order valence-electron chi connectivity index (χ3n) is 2.81. The molecule has 4 nitrogen and oxygen atoms in total. The molecule has 1 aliphatic rings. The van der Waals surface area contributed by atoms with E-state index in [0.717, 1.165) is 0 Å². The van der Waals surface area contributed by atoms with Crippen molar-refractivity contribution in [3.05, 3.63) is 30.1 Å². The monoisotopic (exact) mass is 236 g/mol. The summed E-state index contributed by atoms with van der Waals surface area (Å²) in [6, 6.07) is 5.60. The van der Waals surface area contributed by atoms with Gasteiger partial charge in [0.2, 0.25) is 11.8 Å². The van der Waals surface area contributed by atoms with Gasteiger partial charge in [0, 0.05) is 25.7 Å². The number of hydrogen-bond donors (Lipinski definition) is 1. The molecular weight excluding hydrogens is 223 g/mol. The number of rotatable bonds is 2. The molecule has 0 aromatic heterocycles. The molecule has 1 saturated heterocycles. The van der Waals surface area contributed by atoms with Crippen LogP contribution < -0.4 is 5.32 Å². The normalized spacial score (nSPS) is 15.3. The number of halogens is 1. The minimum Gasteiger partial charge on any atom is -0.341 e. The van der Waals surface area contributed by atoms with Crippen LogP contribution in [0.2, 0.25) is 0 Å². The first kappa shape index (κ1) is 11.6. The second-order valence-corrected chi connectivity index (χ2v) is 4.12.